The number of methoxy groups -OCH3 is 1. The highest BCUT2D eigenvalue weighted by Crippen LogP contribution is 2.26. The normalized spacial score (nSPS) is 12.3. The molecule has 1 aromatic carbocycles. The number of hydrogen-bond acceptors (Lipinski definition) is 4. The molecule has 1 aromatic rings. The first kappa shape index (κ1) is 17.2. The SMILES string of the molecule is COc1c(C)cc(C)cc1C(=O)C(CC(=O)O)NC(C)C. The van der Waals surface area contributed by atoms with Gasteiger partial charge in [-0.2, -0.15) is 0 Å². The molecule has 0 aromatic heterocycles. The Kier molecular flexibility index (Phi) is 5.90. The zero-order chi connectivity index (χ0) is 16.2. The fraction of sp³-hybridized carbons (Fsp3) is 0.500. The van der Waals surface area contributed by atoms with Crippen LogP contribution in [0.2, 0.25) is 0 Å². The van der Waals surface area contributed by atoms with Gasteiger partial charge in [-0.1, -0.05) is 19.9 Å². The van der Waals surface area contributed by atoms with E-state index in [1.807, 2.05) is 33.8 Å². The van der Waals surface area contributed by atoms with Crippen LogP contribution in [0.25, 0.3) is 0 Å². The average molecular weight is 293 g/mol. The minimum absolute atomic E-state index is 0.00945. The Morgan fingerprint density at radius 3 is 2.38 bits per heavy atom. The first-order valence-corrected chi connectivity index (χ1v) is 6.93. The smallest absolute Gasteiger partial charge is 0.305 e. The van der Waals surface area contributed by atoms with Gasteiger partial charge < -0.3 is 15.2 Å². The third kappa shape index (κ3) is 4.56. The van der Waals surface area contributed by atoms with Crippen LogP contribution >= 0.6 is 0 Å². The van der Waals surface area contributed by atoms with Crippen LogP contribution < -0.4 is 10.1 Å². The maximum absolute atomic E-state index is 12.7. The molecule has 0 heterocycles. The Bertz CT molecular complexity index is 537. The first-order valence-electron chi connectivity index (χ1n) is 6.93. The zero-order valence-electron chi connectivity index (χ0n) is 13.2. The van der Waals surface area contributed by atoms with E-state index in [-0.39, 0.29) is 18.2 Å². The summed E-state index contributed by atoms with van der Waals surface area (Å²) >= 11 is 0. The number of rotatable bonds is 7. The van der Waals surface area contributed by atoms with Crippen molar-refractivity contribution in [2.45, 2.75) is 46.2 Å². The summed E-state index contributed by atoms with van der Waals surface area (Å²) in [7, 11) is 1.51. The Morgan fingerprint density at radius 1 is 1.29 bits per heavy atom. The van der Waals surface area contributed by atoms with Gasteiger partial charge >= 0.3 is 5.97 Å². The number of carbonyl (C=O) groups excluding carboxylic acids is 1. The highest BCUT2D eigenvalue weighted by molar-refractivity contribution is 6.04. The minimum atomic E-state index is -1.01. The van der Waals surface area contributed by atoms with Crippen molar-refractivity contribution in [3.05, 3.63) is 28.8 Å². The van der Waals surface area contributed by atoms with Crippen LogP contribution in [0, 0.1) is 13.8 Å². The molecule has 0 aliphatic heterocycles. The standard InChI is InChI=1S/C16H23NO4/c1-9(2)17-13(8-14(18)19)15(20)12-7-10(3)6-11(4)16(12)21-5/h6-7,9,13,17H,8H2,1-5H3,(H,18,19). The van der Waals surface area contributed by atoms with Gasteiger partial charge in [0.1, 0.15) is 5.75 Å². The van der Waals surface area contributed by atoms with Crippen LogP contribution in [-0.2, 0) is 4.79 Å². The molecule has 116 valence electrons. The lowest BCUT2D eigenvalue weighted by Gasteiger charge is -2.20. The van der Waals surface area contributed by atoms with E-state index in [0.29, 0.717) is 11.3 Å². The molecule has 0 aliphatic carbocycles. The number of Topliss-reactive ketones (excluding diaryl/α,β-unsaturated/α-hetero) is 1. The first-order chi connectivity index (χ1) is 9.76. The van der Waals surface area contributed by atoms with Crippen LogP contribution in [0.3, 0.4) is 0 Å². The summed E-state index contributed by atoms with van der Waals surface area (Å²) in [6.07, 6.45) is -0.257. The molecular weight excluding hydrogens is 270 g/mol. The van der Waals surface area contributed by atoms with Gasteiger partial charge in [-0.15, -0.1) is 0 Å². The van der Waals surface area contributed by atoms with Crippen molar-refractivity contribution in [3.63, 3.8) is 0 Å². The van der Waals surface area contributed by atoms with Gasteiger partial charge in [0.2, 0.25) is 0 Å². The largest absolute Gasteiger partial charge is 0.496 e. The van der Waals surface area contributed by atoms with E-state index in [1.54, 1.807) is 6.07 Å². The maximum Gasteiger partial charge on any atom is 0.305 e. The van der Waals surface area contributed by atoms with Gasteiger partial charge in [0, 0.05) is 6.04 Å². The predicted octanol–water partition coefficient (Wildman–Crippen LogP) is 2.34. The highest BCUT2D eigenvalue weighted by atomic mass is 16.5. The quantitative estimate of drug-likeness (QED) is 0.755. The summed E-state index contributed by atoms with van der Waals surface area (Å²) in [5, 5.41) is 12.0. The molecule has 0 saturated heterocycles. The lowest BCUT2D eigenvalue weighted by molar-refractivity contribution is -0.137. The van der Waals surface area contributed by atoms with Gasteiger partial charge in [0.15, 0.2) is 5.78 Å². The Labute approximate surface area is 125 Å². The topological polar surface area (TPSA) is 75.6 Å². The zero-order valence-corrected chi connectivity index (χ0v) is 13.2. The summed E-state index contributed by atoms with van der Waals surface area (Å²) in [6, 6.07) is 2.91. The molecule has 0 fully saturated rings. The van der Waals surface area contributed by atoms with Crippen molar-refractivity contribution in [2.75, 3.05) is 7.11 Å². The number of carboxylic acids is 1. The molecule has 1 atom stereocenters. The number of aliphatic carboxylic acids is 1. The molecule has 0 spiro atoms. The molecule has 0 aliphatic rings. The minimum Gasteiger partial charge on any atom is -0.496 e. The number of carboxylic acid groups (broad SMARTS) is 1. The van der Waals surface area contributed by atoms with E-state index >= 15 is 0 Å². The molecule has 21 heavy (non-hydrogen) atoms. The van der Waals surface area contributed by atoms with E-state index in [2.05, 4.69) is 5.32 Å². The second-order valence-corrected chi connectivity index (χ2v) is 5.50. The van der Waals surface area contributed by atoms with Crippen molar-refractivity contribution in [3.8, 4) is 5.75 Å². The lowest BCUT2D eigenvalue weighted by Crippen LogP contribution is -2.42. The number of benzene rings is 1. The van der Waals surface area contributed by atoms with Crippen molar-refractivity contribution < 1.29 is 19.4 Å². The summed E-state index contributed by atoms with van der Waals surface area (Å²) in [4.78, 5) is 23.7. The fourth-order valence-electron chi connectivity index (χ4n) is 2.40. The van der Waals surface area contributed by atoms with Crippen LogP contribution in [0.1, 0.15) is 41.8 Å². The lowest BCUT2D eigenvalue weighted by atomic mass is 9.96. The molecule has 5 heteroatoms. The molecule has 1 unspecified atom stereocenters. The summed E-state index contributed by atoms with van der Waals surface area (Å²) in [5.41, 5.74) is 2.23. The number of hydrogen-bond donors (Lipinski definition) is 2. The maximum atomic E-state index is 12.7. The van der Waals surface area contributed by atoms with Crippen molar-refractivity contribution in [2.24, 2.45) is 0 Å². The number of nitrogens with one attached hydrogen (secondary N) is 1. The third-order valence-electron chi connectivity index (χ3n) is 3.12. The molecule has 0 saturated carbocycles. The van der Waals surface area contributed by atoms with Gasteiger partial charge in [-0.05, 0) is 31.0 Å². The summed E-state index contributed by atoms with van der Waals surface area (Å²) in [6.45, 7) is 7.51. The van der Waals surface area contributed by atoms with E-state index in [9.17, 15) is 9.59 Å². The van der Waals surface area contributed by atoms with Crippen molar-refractivity contribution in [1.82, 2.24) is 5.32 Å². The monoisotopic (exact) mass is 293 g/mol. The molecule has 0 amide bonds. The molecule has 0 bridgehead atoms. The van der Waals surface area contributed by atoms with E-state index in [0.717, 1.165) is 11.1 Å². The van der Waals surface area contributed by atoms with Crippen molar-refractivity contribution in [1.29, 1.82) is 0 Å². The van der Waals surface area contributed by atoms with Gasteiger partial charge in [0.05, 0.1) is 25.1 Å². The summed E-state index contributed by atoms with van der Waals surface area (Å²) < 4.78 is 5.32. The van der Waals surface area contributed by atoms with Crippen LogP contribution in [0.5, 0.6) is 5.75 Å². The van der Waals surface area contributed by atoms with Gasteiger partial charge in [-0.3, -0.25) is 9.59 Å². The predicted molar refractivity (Wildman–Crippen MR) is 81.1 cm³/mol. The van der Waals surface area contributed by atoms with E-state index in [1.165, 1.54) is 7.11 Å². The fourth-order valence-corrected chi connectivity index (χ4v) is 2.40. The average Bonchev–Trinajstić information content (AvgIpc) is 2.35. The third-order valence-corrected chi connectivity index (χ3v) is 3.12. The van der Waals surface area contributed by atoms with Crippen LogP contribution in [0.15, 0.2) is 12.1 Å². The molecule has 5 nitrogen and oxygen atoms in total. The molecule has 0 radical (unpaired) electrons. The van der Waals surface area contributed by atoms with Crippen LogP contribution in [0.4, 0.5) is 0 Å². The second kappa shape index (κ2) is 7.22. The molecule has 1 rings (SSSR count). The van der Waals surface area contributed by atoms with E-state index < -0.39 is 12.0 Å². The number of ketones is 1. The second-order valence-electron chi connectivity index (χ2n) is 5.50. The molecular formula is C16H23NO4. The Hall–Kier alpha value is -1.88. The number of ether oxygens (including phenoxy) is 1. The molecule has 2 N–H and O–H groups in total. The van der Waals surface area contributed by atoms with E-state index in [4.69, 9.17) is 9.84 Å². The van der Waals surface area contributed by atoms with Gasteiger partial charge in [-0.25, -0.2) is 0 Å². The highest BCUT2D eigenvalue weighted by Gasteiger charge is 2.26. The van der Waals surface area contributed by atoms with Crippen LogP contribution in [-0.4, -0.2) is 36.1 Å². The van der Waals surface area contributed by atoms with Gasteiger partial charge in [0.25, 0.3) is 0 Å². The Morgan fingerprint density at radius 2 is 1.90 bits per heavy atom. The Balaban J connectivity index is 3.22. The number of carbonyl (C=O) groups is 2. The number of aryl methyl sites for hydroxylation is 2. The summed E-state index contributed by atoms with van der Waals surface area (Å²) in [5.74, 6) is -0.758. The van der Waals surface area contributed by atoms with Crippen molar-refractivity contribution >= 4 is 11.8 Å².